The van der Waals surface area contributed by atoms with Crippen molar-refractivity contribution in [2.24, 2.45) is 0 Å². The minimum atomic E-state index is -0.745. The Morgan fingerprint density at radius 3 is 0.890 bits per heavy atom. The van der Waals surface area contributed by atoms with Gasteiger partial charge < -0.3 is 24.5 Å². The first-order valence-corrected chi connectivity index (χ1v) is 39.6. The third kappa shape index (κ3) is 26.0. The van der Waals surface area contributed by atoms with E-state index in [1.807, 2.05) is 107 Å². The molecular formula is C99H87F7N16O5. The summed E-state index contributed by atoms with van der Waals surface area (Å²) < 4.78 is 99.3. The van der Waals surface area contributed by atoms with Gasteiger partial charge in [-0.15, -0.1) is 0 Å². The highest BCUT2D eigenvalue weighted by atomic mass is 19.2. The van der Waals surface area contributed by atoms with E-state index in [9.17, 15) is 54.7 Å². The number of benzene rings is 9. The normalized spacial score (nSPS) is 10.6. The second kappa shape index (κ2) is 43.9. The Hall–Kier alpha value is -15.6. The van der Waals surface area contributed by atoms with E-state index in [4.69, 9.17) is 0 Å². The number of carbonyl (C=O) groups excluding carboxylic acids is 5. The van der Waals surface area contributed by atoms with Crippen molar-refractivity contribution in [1.82, 2.24) is 54.8 Å². The molecule has 9 aromatic carbocycles. The Labute approximate surface area is 730 Å². The lowest BCUT2D eigenvalue weighted by atomic mass is 10.0. The molecule has 0 aliphatic heterocycles. The van der Waals surface area contributed by atoms with Crippen LogP contribution in [0.2, 0.25) is 0 Å². The second-order valence-corrected chi connectivity index (χ2v) is 29.6. The number of carbonyl (C=O) groups is 5. The standard InChI is InChI=1S/2C20H17F2N3O.2C20H18FN3O.C19H17FN4O/c2*1-13-4-3-5-14(6-13)20(26)8-15-7-19(18(22)9-17(15)21)25(2)16-10-23-12-24-11-16;1-14-4-3-5-16(6-14)20(25)9-15-7-17(21)10-18(8-15)24(2)19-11-22-13-23-12-19;1-14-4-3-5-15(8-14)20(25)10-16-9-17(6-7-19(16)21)24(2)18-11-22-13-23-12-18;1-13-4-3-5-18(23-13)19(25)8-14-6-15(20)9-16(7-14)24(2)17-10-21-12-22-11-17/h2*3-7,9-12H,8H2,1-2H3;3-8,10-13H,9H2,1-2H3;3-9,11-13H,10H2,1-2H3;3-7,9-12H,8H2,1-2H3. The fraction of sp³-hybridized carbons (Fsp3) is 0.152. The van der Waals surface area contributed by atoms with Gasteiger partial charge in [0.2, 0.25) is 0 Å². The Bertz CT molecular complexity index is 6050. The van der Waals surface area contributed by atoms with E-state index in [0.29, 0.717) is 67.4 Å². The molecule has 127 heavy (non-hydrogen) atoms. The molecular weight excluding hydrogens is 1630 g/mol. The first-order valence-electron chi connectivity index (χ1n) is 39.6. The molecule has 6 aromatic heterocycles. The first kappa shape index (κ1) is 92.1. The van der Waals surface area contributed by atoms with Crippen LogP contribution in [0.25, 0.3) is 0 Å². The van der Waals surface area contributed by atoms with Crippen LogP contribution >= 0.6 is 0 Å². The quantitative estimate of drug-likeness (QED) is 0.0381. The predicted molar refractivity (Wildman–Crippen MR) is 476 cm³/mol. The molecule has 0 N–H and O–H groups in total. The van der Waals surface area contributed by atoms with Gasteiger partial charge in [0.05, 0.1) is 102 Å². The van der Waals surface area contributed by atoms with Crippen LogP contribution in [0.1, 0.15) is 108 Å². The summed E-state index contributed by atoms with van der Waals surface area (Å²) >= 11 is 0. The minimum absolute atomic E-state index is 0.0161. The van der Waals surface area contributed by atoms with Gasteiger partial charge >= 0.3 is 0 Å². The highest BCUT2D eigenvalue weighted by molar-refractivity contribution is 6.00. The van der Waals surface area contributed by atoms with E-state index in [2.05, 4.69) is 54.8 Å². The van der Waals surface area contributed by atoms with Crippen LogP contribution in [0.5, 0.6) is 0 Å². The highest BCUT2D eigenvalue weighted by Crippen LogP contribution is 2.34. The molecule has 15 aromatic rings. The second-order valence-electron chi connectivity index (χ2n) is 29.6. The number of hydrogen-bond donors (Lipinski definition) is 0. The molecule has 15 rings (SSSR count). The number of pyridine rings is 1. The number of Topliss-reactive ketones (excluding diaryl/α,β-unsaturated/α-hetero) is 5. The number of rotatable bonds is 25. The summed E-state index contributed by atoms with van der Waals surface area (Å²) in [5.74, 6) is -4.85. The van der Waals surface area contributed by atoms with Crippen molar-refractivity contribution in [2.45, 2.75) is 66.7 Å². The average Bonchev–Trinajstić information content (AvgIpc) is 0.812. The molecule has 28 heteroatoms. The van der Waals surface area contributed by atoms with Gasteiger partial charge in [0.15, 0.2) is 28.9 Å². The van der Waals surface area contributed by atoms with E-state index in [-0.39, 0.29) is 95.2 Å². The summed E-state index contributed by atoms with van der Waals surface area (Å²) in [6, 6.07) is 52.4. The van der Waals surface area contributed by atoms with Crippen LogP contribution in [0.15, 0.2) is 288 Å². The SMILES string of the molecule is Cc1cccc(C(=O)Cc2cc(F)cc(N(C)c3cncnc3)c2)c1.Cc1cccc(C(=O)Cc2cc(F)cc(N(C)c3cncnc3)c2)n1.Cc1cccc(C(=O)Cc2cc(N(C)c3cncnc3)c(F)cc2F)c1.Cc1cccc(C(=O)Cc2cc(N(C)c3cncnc3)c(F)cc2F)c1.Cc1cccc(C(=O)Cc2cc(N(C)c3cncnc3)ccc2F)c1. The monoisotopic (exact) mass is 1710 g/mol. The lowest BCUT2D eigenvalue weighted by Crippen LogP contribution is -2.14. The summed E-state index contributed by atoms with van der Waals surface area (Å²) in [5.41, 5.74) is 14.8. The Morgan fingerprint density at radius 2 is 0.559 bits per heavy atom. The van der Waals surface area contributed by atoms with E-state index in [0.717, 1.165) is 62.8 Å². The number of anilines is 10. The largest absolute Gasteiger partial charge is 0.342 e. The van der Waals surface area contributed by atoms with Crippen LogP contribution in [-0.4, -0.2) is 119 Å². The van der Waals surface area contributed by atoms with Crippen LogP contribution in [-0.2, 0) is 32.1 Å². The van der Waals surface area contributed by atoms with Crippen LogP contribution < -0.4 is 24.5 Å². The van der Waals surface area contributed by atoms with Gasteiger partial charge in [-0.1, -0.05) is 101 Å². The van der Waals surface area contributed by atoms with Crippen molar-refractivity contribution in [3.8, 4) is 0 Å². The third-order valence-corrected chi connectivity index (χ3v) is 20.0. The number of aromatic nitrogens is 11. The molecule has 0 spiro atoms. The van der Waals surface area contributed by atoms with Crippen LogP contribution in [0.3, 0.4) is 0 Å². The number of aryl methyl sites for hydroxylation is 5. The van der Waals surface area contributed by atoms with Gasteiger partial charge in [0.25, 0.3) is 0 Å². The van der Waals surface area contributed by atoms with Gasteiger partial charge in [-0.25, -0.2) is 80.6 Å². The third-order valence-electron chi connectivity index (χ3n) is 20.0. The van der Waals surface area contributed by atoms with Crippen molar-refractivity contribution < 1.29 is 54.7 Å². The fourth-order valence-corrected chi connectivity index (χ4v) is 13.1. The van der Waals surface area contributed by atoms with Crippen molar-refractivity contribution >= 4 is 85.8 Å². The lowest BCUT2D eigenvalue weighted by Gasteiger charge is -2.20. The molecule has 0 saturated carbocycles. The summed E-state index contributed by atoms with van der Waals surface area (Å²) in [7, 11) is 8.70. The molecule has 642 valence electrons. The fourth-order valence-electron chi connectivity index (χ4n) is 13.1. The van der Waals surface area contributed by atoms with Gasteiger partial charge in [-0.3, -0.25) is 29.0 Å². The Morgan fingerprint density at radius 1 is 0.260 bits per heavy atom. The van der Waals surface area contributed by atoms with Crippen LogP contribution in [0.4, 0.5) is 87.6 Å². The molecule has 0 fully saturated rings. The Kier molecular flexibility index (Phi) is 31.9. The summed E-state index contributed by atoms with van der Waals surface area (Å²) in [4.78, 5) is 114. The number of halogens is 7. The molecule has 0 unspecified atom stereocenters. The van der Waals surface area contributed by atoms with Crippen molar-refractivity contribution in [2.75, 3.05) is 59.7 Å². The molecule has 0 aliphatic rings. The van der Waals surface area contributed by atoms with Gasteiger partial charge in [-0.2, -0.15) is 0 Å². The van der Waals surface area contributed by atoms with E-state index in [1.165, 1.54) is 109 Å². The molecule has 21 nitrogen and oxygen atoms in total. The summed E-state index contributed by atoms with van der Waals surface area (Å²) in [6.07, 6.45) is 23.0. The zero-order valence-electron chi connectivity index (χ0n) is 71.0. The van der Waals surface area contributed by atoms with Gasteiger partial charge in [0.1, 0.15) is 78.1 Å². The molecule has 6 heterocycles. The van der Waals surface area contributed by atoms with E-state index >= 15 is 0 Å². The molecule has 0 radical (unpaired) electrons. The topological polar surface area (TPSA) is 243 Å². The average molecular weight is 1710 g/mol. The maximum atomic E-state index is 14.3. The number of nitrogens with zero attached hydrogens (tertiary/aromatic N) is 16. The van der Waals surface area contributed by atoms with E-state index in [1.54, 1.807) is 154 Å². The number of ketones is 5. The predicted octanol–water partition coefficient (Wildman–Crippen LogP) is 20.3. The van der Waals surface area contributed by atoms with E-state index < -0.39 is 29.1 Å². The minimum Gasteiger partial charge on any atom is -0.342 e. The smallest absolute Gasteiger partial charge is 0.185 e. The van der Waals surface area contributed by atoms with Crippen molar-refractivity contribution in [1.29, 1.82) is 0 Å². The molecule has 0 aliphatic carbocycles. The maximum Gasteiger partial charge on any atom is 0.185 e. The van der Waals surface area contributed by atoms with Crippen LogP contribution in [0, 0.1) is 75.3 Å². The van der Waals surface area contributed by atoms with Gasteiger partial charge in [-0.05, 0) is 166 Å². The molecule has 0 saturated heterocycles. The lowest BCUT2D eigenvalue weighted by molar-refractivity contribution is 0.0980. The van der Waals surface area contributed by atoms with Gasteiger partial charge in [0, 0.05) is 124 Å². The molecule has 0 amide bonds. The van der Waals surface area contributed by atoms with Crippen molar-refractivity contribution in [3.05, 3.63) is 412 Å². The number of hydrogen-bond acceptors (Lipinski definition) is 21. The molecule has 0 atom stereocenters. The zero-order valence-corrected chi connectivity index (χ0v) is 71.0. The first-order chi connectivity index (χ1) is 61.0. The highest BCUT2D eigenvalue weighted by Gasteiger charge is 2.23. The summed E-state index contributed by atoms with van der Waals surface area (Å²) in [5, 5.41) is 0. The zero-order chi connectivity index (χ0) is 90.8. The molecule has 0 bridgehead atoms. The van der Waals surface area contributed by atoms with Crippen molar-refractivity contribution in [3.63, 3.8) is 0 Å². The Balaban J connectivity index is 0.000000154. The maximum absolute atomic E-state index is 14.3. The summed E-state index contributed by atoms with van der Waals surface area (Å²) in [6.45, 7) is 9.45.